The van der Waals surface area contributed by atoms with Crippen LogP contribution >= 0.6 is 0 Å². The molecule has 2 aliphatic carbocycles. The van der Waals surface area contributed by atoms with E-state index in [1.807, 2.05) is 24.3 Å². The molecule has 1 amide bonds. The van der Waals surface area contributed by atoms with E-state index in [2.05, 4.69) is 10.4 Å². The second-order valence-electron chi connectivity index (χ2n) is 6.79. The molecule has 2 aliphatic rings. The monoisotopic (exact) mass is 347 g/mol. The smallest absolute Gasteiger partial charge is 0.282 e. The Morgan fingerprint density at radius 2 is 2.04 bits per heavy atom. The van der Waals surface area contributed by atoms with Crippen molar-refractivity contribution in [3.05, 3.63) is 47.3 Å². The highest BCUT2D eigenvalue weighted by molar-refractivity contribution is 6.05. The molecule has 1 heterocycles. The molecule has 1 aromatic carbocycles. The van der Waals surface area contributed by atoms with Crippen LogP contribution in [-0.4, -0.2) is 15.7 Å². The lowest BCUT2D eigenvalue weighted by Gasteiger charge is -2.11. The van der Waals surface area contributed by atoms with Gasteiger partial charge in [-0.05, 0) is 48.6 Å². The lowest BCUT2D eigenvalue weighted by molar-refractivity contribution is 0.101. The number of aromatic nitrogens is 2. The van der Waals surface area contributed by atoms with Gasteiger partial charge in [0.05, 0.1) is 5.56 Å². The summed E-state index contributed by atoms with van der Waals surface area (Å²) in [6, 6.07) is 7.68. The van der Waals surface area contributed by atoms with Crippen molar-refractivity contribution < 1.29 is 13.6 Å². The van der Waals surface area contributed by atoms with Gasteiger partial charge in [-0.3, -0.25) is 9.48 Å². The van der Waals surface area contributed by atoms with Gasteiger partial charge in [-0.2, -0.15) is 5.10 Å². The highest BCUT2D eigenvalue weighted by atomic mass is 19.3. The van der Waals surface area contributed by atoms with Crippen LogP contribution in [0.15, 0.2) is 30.5 Å². The summed E-state index contributed by atoms with van der Waals surface area (Å²) >= 11 is 0. The fraction of sp³-hybridized carbons (Fsp3) is 0.474. The number of aryl methyl sites for hydroxylation is 1. The lowest BCUT2D eigenvalue weighted by Crippen LogP contribution is -2.14. The first-order valence-electron chi connectivity index (χ1n) is 8.26. The van der Waals surface area contributed by atoms with E-state index in [1.165, 1.54) is 30.8 Å². The number of nitrogens with one attached hydrogen (secondary N) is 1. The predicted octanol–water partition coefficient (Wildman–Crippen LogP) is 4.76. The zero-order valence-corrected chi connectivity index (χ0v) is 13.4. The van der Waals surface area contributed by atoms with E-state index in [-0.39, 0.29) is 13.0 Å². The molecular weight excluding hydrogens is 324 g/mol. The molecule has 6 heteroatoms. The average molecular weight is 347 g/mol. The summed E-state index contributed by atoms with van der Waals surface area (Å²) in [6.45, 7) is 0. The number of halogens is 2. The van der Waals surface area contributed by atoms with Crippen molar-refractivity contribution in [2.45, 2.75) is 39.0 Å². The molecule has 0 spiro atoms. The van der Waals surface area contributed by atoms with Crippen molar-refractivity contribution >= 4 is 11.6 Å². The number of benzene rings is 1. The van der Waals surface area contributed by atoms with Crippen molar-refractivity contribution in [1.29, 1.82) is 0 Å². The molecular formula is C19H23F2N3O. The minimum absolute atomic E-state index is 0. The molecule has 4 rings (SSSR count). The van der Waals surface area contributed by atoms with Crippen LogP contribution in [0.3, 0.4) is 0 Å². The molecule has 0 aliphatic heterocycles. The Morgan fingerprint density at radius 1 is 1.32 bits per heavy atom. The Hall–Kier alpha value is -2.24. The van der Waals surface area contributed by atoms with Crippen molar-refractivity contribution in [1.82, 2.24) is 9.78 Å². The van der Waals surface area contributed by atoms with E-state index in [0.717, 1.165) is 29.5 Å². The zero-order valence-electron chi connectivity index (χ0n) is 13.4. The maximum atomic E-state index is 13.0. The van der Waals surface area contributed by atoms with Crippen molar-refractivity contribution in [2.24, 2.45) is 18.9 Å². The van der Waals surface area contributed by atoms with Gasteiger partial charge in [-0.25, -0.2) is 8.78 Å². The quantitative estimate of drug-likeness (QED) is 0.848. The molecule has 2 atom stereocenters. The van der Waals surface area contributed by atoms with Gasteiger partial charge in [0.25, 0.3) is 12.3 Å². The van der Waals surface area contributed by atoms with E-state index in [0.29, 0.717) is 5.92 Å². The summed E-state index contributed by atoms with van der Waals surface area (Å²) < 4.78 is 27.3. The Morgan fingerprint density at radius 3 is 2.72 bits per heavy atom. The molecule has 0 saturated heterocycles. The minimum atomic E-state index is -2.77. The Bertz CT molecular complexity index is 783. The molecule has 1 aromatic heterocycles. The summed E-state index contributed by atoms with van der Waals surface area (Å²) in [4.78, 5) is 12.5. The number of anilines is 1. The lowest BCUT2D eigenvalue weighted by atomic mass is 10.0. The molecule has 1 N–H and O–H groups in total. The second kappa shape index (κ2) is 6.58. The van der Waals surface area contributed by atoms with Gasteiger partial charge >= 0.3 is 0 Å². The number of hydrogen-bond acceptors (Lipinski definition) is 2. The van der Waals surface area contributed by atoms with Gasteiger partial charge in [-0.15, -0.1) is 0 Å². The van der Waals surface area contributed by atoms with Crippen LogP contribution in [0.2, 0.25) is 0 Å². The van der Waals surface area contributed by atoms with Gasteiger partial charge in [0.2, 0.25) is 0 Å². The van der Waals surface area contributed by atoms with E-state index in [9.17, 15) is 13.6 Å². The normalized spacial score (nSPS) is 21.8. The largest absolute Gasteiger partial charge is 0.322 e. The van der Waals surface area contributed by atoms with Crippen molar-refractivity contribution in [3.63, 3.8) is 0 Å². The standard InChI is InChI=1S/C18H19F2N3O.CH4/c1-23-9-14(16(22-23)17(19)20)18(24)21-15-5-3-2-4-11(15)13-8-12(13)10-6-7-10;/h2-5,9-10,12-13,17H,6-8H2,1H3,(H,21,24);1H4. The molecule has 0 radical (unpaired) electrons. The number of rotatable bonds is 5. The summed E-state index contributed by atoms with van der Waals surface area (Å²) in [5.74, 6) is 1.51. The van der Waals surface area contributed by atoms with Crippen molar-refractivity contribution in [2.75, 3.05) is 5.32 Å². The van der Waals surface area contributed by atoms with E-state index < -0.39 is 18.0 Å². The third kappa shape index (κ3) is 3.43. The molecule has 2 fully saturated rings. The zero-order chi connectivity index (χ0) is 16.8. The van der Waals surface area contributed by atoms with Crippen LogP contribution in [0.1, 0.15) is 60.6 Å². The topological polar surface area (TPSA) is 46.9 Å². The van der Waals surface area contributed by atoms with E-state index in [1.54, 1.807) is 0 Å². The number of nitrogens with zero attached hydrogens (tertiary/aromatic N) is 2. The number of carbonyl (C=O) groups is 1. The fourth-order valence-electron chi connectivity index (χ4n) is 3.58. The van der Waals surface area contributed by atoms with Crippen LogP contribution in [-0.2, 0) is 7.05 Å². The summed E-state index contributed by atoms with van der Waals surface area (Å²) in [6.07, 6.45) is 2.34. The Kier molecular flexibility index (Phi) is 4.62. The fourth-order valence-corrected chi connectivity index (χ4v) is 3.58. The highest BCUT2D eigenvalue weighted by Crippen LogP contribution is 2.60. The number of carbonyl (C=O) groups excluding carboxylic acids is 1. The number of amides is 1. The van der Waals surface area contributed by atoms with E-state index in [4.69, 9.17) is 0 Å². The van der Waals surface area contributed by atoms with Gasteiger partial charge < -0.3 is 5.32 Å². The van der Waals surface area contributed by atoms with Crippen LogP contribution in [0.25, 0.3) is 0 Å². The number of para-hydroxylation sites is 1. The first-order chi connectivity index (χ1) is 11.5. The summed E-state index contributed by atoms with van der Waals surface area (Å²) in [7, 11) is 1.53. The SMILES string of the molecule is C.Cn1cc(C(=O)Nc2ccccc2C2CC2C2CC2)c(C(F)F)n1. The molecule has 2 saturated carbocycles. The molecule has 0 bridgehead atoms. The first-order valence-corrected chi connectivity index (χ1v) is 8.26. The van der Waals surface area contributed by atoms with Gasteiger partial charge in [0.15, 0.2) is 0 Å². The summed E-state index contributed by atoms with van der Waals surface area (Å²) in [5.41, 5.74) is 1.29. The molecule has 4 nitrogen and oxygen atoms in total. The summed E-state index contributed by atoms with van der Waals surface area (Å²) in [5, 5.41) is 6.50. The Balaban J connectivity index is 0.00000182. The first kappa shape index (κ1) is 17.6. The molecule has 2 aromatic rings. The third-order valence-electron chi connectivity index (χ3n) is 4.98. The van der Waals surface area contributed by atoms with Crippen molar-refractivity contribution in [3.8, 4) is 0 Å². The van der Waals surface area contributed by atoms with Crippen LogP contribution < -0.4 is 5.32 Å². The van der Waals surface area contributed by atoms with Crippen LogP contribution in [0.5, 0.6) is 0 Å². The maximum Gasteiger partial charge on any atom is 0.282 e. The van der Waals surface area contributed by atoms with Crippen LogP contribution in [0.4, 0.5) is 14.5 Å². The second-order valence-corrected chi connectivity index (χ2v) is 6.79. The number of alkyl halides is 2. The minimum Gasteiger partial charge on any atom is -0.322 e. The highest BCUT2D eigenvalue weighted by Gasteiger charge is 2.48. The van der Waals surface area contributed by atoms with Gasteiger partial charge in [-0.1, -0.05) is 25.6 Å². The molecule has 25 heavy (non-hydrogen) atoms. The van der Waals surface area contributed by atoms with Gasteiger partial charge in [0, 0.05) is 18.9 Å². The number of hydrogen-bond donors (Lipinski definition) is 1. The Labute approximate surface area is 146 Å². The molecule has 2 unspecified atom stereocenters. The molecule has 134 valence electrons. The predicted molar refractivity (Wildman–Crippen MR) is 92.9 cm³/mol. The van der Waals surface area contributed by atoms with Crippen LogP contribution in [0, 0.1) is 11.8 Å². The van der Waals surface area contributed by atoms with E-state index >= 15 is 0 Å². The van der Waals surface area contributed by atoms with Gasteiger partial charge in [0.1, 0.15) is 5.69 Å². The maximum absolute atomic E-state index is 13.0. The average Bonchev–Trinajstić information content (AvgIpc) is 3.44. The third-order valence-corrected chi connectivity index (χ3v) is 4.98.